The number of nitrogens with two attached hydrogens (primary N) is 1. The largest absolute Gasteiger partial charge is 0.383 e. The van der Waals surface area contributed by atoms with Gasteiger partial charge in [-0.15, -0.1) is 0 Å². The van der Waals surface area contributed by atoms with E-state index >= 15 is 0 Å². The maximum absolute atomic E-state index is 8.69. The Bertz CT molecular complexity index is 600. The highest BCUT2D eigenvalue weighted by Gasteiger charge is 2.14. The molecule has 0 saturated heterocycles. The number of aromatic nitrogens is 2. The Morgan fingerprint density at radius 1 is 1.53 bits per heavy atom. The average Bonchev–Trinajstić information content (AvgIpc) is 2.57. The highest BCUT2D eigenvalue weighted by Crippen LogP contribution is 2.30. The molecule has 0 bridgehead atoms. The minimum Gasteiger partial charge on any atom is -0.383 e. The van der Waals surface area contributed by atoms with Crippen molar-refractivity contribution in [3.63, 3.8) is 0 Å². The molecule has 0 unspecified atom stereocenters. The molecule has 0 fully saturated rings. The second-order valence-electron chi connectivity index (χ2n) is 3.38. The van der Waals surface area contributed by atoms with E-state index in [0.29, 0.717) is 15.7 Å². The number of nitrogens with zero attached hydrogens (tertiary/aromatic N) is 3. The summed E-state index contributed by atoms with van der Waals surface area (Å²) in [6.45, 7) is 1.82. The molecule has 0 aliphatic heterocycles. The first kappa shape index (κ1) is 11.8. The van der Waals surface area contributed by atoms with Crippen molar-refractivity contribution < 1.29 is 0 Å². The van der Waals surface area contributed by atoms with E-state index in [1.165, 1.54) is 0 Å². The van der Waals surface area contributed by atoms with Crippen LogP contribution in [0.1, 0.15) is 5.69 Å². The van der Waals surface area contributed by atoms with Gasteiger partial charge in [0.2, 0.25) is 0 Å². The van der Waals surface area contributed by atoms with E-state index < -0.39 is 0 Å². The molecule has 0 spiro atoms. The number of benzene rings is 1. The summed E-state index contributed by atoms with van der Waals surface area (Å²) >= 11 is 6.93. The Kier molecular flexibility index (Phi) is 3.27. The van der Waals surface area contributed by atoms with Crippen molar-refractivity contribution in [1.29, 1.82) is 5.26 Å². The molecule has 17 heavy (non-hydrogen) atoms. The summed E-state index contributed by atoms with van der Waals surface area (Å²) in [5.41, 5.74) is 7.47. The zero-order chi connectivity index (χ0) is 12.4. The first-order valence-corrected chi connectivity index (χ1v) is 6.00. The predicted octanol–water partition coefficient (Wildman–Crippen LogP) is 2.99. The van der Waals surface area contributed by atoms with Gasteiger partial charge in [0.05, 0.1) is 16.3 Å². The van der Waals surface area contributed by atoms with Crippen LogP contribution in [-0.2, 0) is 0 Å². The molecular weight excluding hydrogens is 256 g/mol. The zero-order valence-corrected chi connectivity index (χ0v) is 10.6. The van der Waals surface area contributed by atoms with Crippen molar-refractivity contribution in [3.8, 4) is 11.1 Å². The molecular formula is C11H9ClN4S. The number of anilines is 1. The standard InChI is InChI=1S/C11H9ClN4S/c1-7-10(17-6-13)11(14)16(15-7)9-4-2-3-8(12)5-9/h2-5H,14H2,1H3. The summed E-state index contributed by atoms with van der Waals surface area (Å²) in [6.07, 6.45) is 0. The third kappa shape index (κ3) is 2.23. The van der Waals surface area contributed by atoms with Crippen LogP contribution >= 0.6 is 23.4 Å². The minimum absolute atomic E-state index is 0.455. The van der Waals surface area contributed by atoms with E-state index in [-0.39, 0.29) is 0 Å². The molecule has 1 heterocycles. The highest BCUT2D eigenvalue weighted by molar-refractivity contribution is 8.03. The van der Waals surface area contributed by atoms with E-state index in [2.05, 4.69) is 5.10 Å². The van der Waals surface area contributed by atoms with Gasteiger partial charge in [-0.05, 0) is 36.9 Å². The fourth-order valence-corrected chi connectivity index (χ4v) is 2.16. The molecule has 1 aromatic carbocycles. The molecule has 4 nitrogen and oxygen atoms in total. The normalized spacial score (nSPS) is 10.2. The van der Waals surface area contributed by atoms with Gasteiger partial charge in [0.1, 0.15) is 11.2 Å². The zero-order valence-electron chi connectivity index (χ0n) is 9.01. The molecule has 86 valence electrons. The summed E-state index contributed by atoms with van der Waals surface area (Å²) in [5, 5.41) is 15.6. The van der Waals surface area contributed by atoms with Crippen LogP contribution in [0.2, 0.25) is 5.02 Å². The Hall–Kier alpha value is -1.64. The highest BCUT2D eigenvalue weighted by atomic mass is 35.5. The lowest BCUT2D eigenvalue weighted by molar-refractivity contribution is 0.872. The van der Waals surface area contributed by atoms with Crippen LogP contribution in [0.15, 0.2) is 29.2 Å². The van der Waals surface area contributed by atoms with Gasteiger partial charge in [-0.3, -0.25) is 0 Å². The number of halogens is 1. The quantitative estimate of drug-likeness (QED) is 0.669. The molecule has 6 heteroatoms. The summed E-state index contributed by atoms with van der Waals surface area (Å²) < 4.78 is 1.58. The minimum atomic E-state index is 0.455. The predicted molar refractivity (Wildman–Crippen MR) is 69.2 cm³/mol. The number of thioether (sulfide) groups is 1. The number of hydrogen-bond acceptors (Lipinski definition) is 4. The van der Waals surface area contributed by atoms with Crippen LogP contribution in [0.25, 0.3) is 5.69 Å². The molecule has 0 amide bonds. The van der Waals surface area contributed by atoms with Crippen molar-refractivity contribution >= 4 is 29.2 Å². The van der Waals surface area contributed by atoms with Gasteiger partial charge in [0.25, 0.3) is 0 Å². The number of rotatable bonds is 2. The molecule has 0 aliphatic rings. The van der Waals surface area contributed by atoms with Crippen LogP contribution in [0.3, 0.4) is 0 Å². The maximum atomic E-state index is 8.69. The summed E-state index contributed by atoms with van der Waals surface area (Å²) in [5.74, 6) is 0.455. The van der Waals surface area contributed by atoms with Gasteiger partial charge in [0.15, 0.2) is 0 Å². The van der Waals surface area contributed by atoms with Crippen molar-refractivity contribution in [2.24, 2.45) is 0 Å². The number of aryl methyl sites for hydroxylation is 1. The fourth-order valence-electron chi connectivity index (χ4n) is 1.51. The molecule has 1 aromatic heterocycles. The van der Waals surface area contributed by atoms with Crippen molar-refractivity contribution in [2.45, 2.75) is 11.8 Å². The lowest BCUT2D eigenvalue weighted by atomic mass is 10.3. The first-order chi connectivity index (χ1) is 8.13. The fraction of sp³-hybridized carbons (Fsp3) is 0.0909. The van der Waals surface area contributed by atoms with Crippen LogP contribution < -0.4 is 5.73 Å². The number of nitrogen functional groups attached to an aromatic ring is 1. The van der Waals surface area contributed by atoms with Crippen molar-refractivity contribution in [2.75, 3.05) is 5.73 Å². The van der Waals surface area contributed by atoms with Gasteiger partial charge in [-0.1, -0.05) is 17.7 Å². The van der Waals surface area contributed by atoms with E-state index in [4.69, 9.17) is 22.6 Å². The molecule has 0 aliphatic carbocycles. The third-order valence-corrected chi connectivity index (χ3v) is 3.27. The Labute approximate surface area is 108 Å². The lowest BCUT2D eigenvalue weighted by Gasteiger charge is -2.04. The van der Waals surface area contributed by atoms with E-state index in [9.17, 15) is 0 Å². The number of hydrogen-bond donors (Lipinski definition) is 1. The number of nitriles is 1. The van der Waals surface area contributed by atoms with Gasteiger partial charge in [-0.25, -0.2) is 4.68 Å². The molecule has 0 radical (unpaired) electrons. The molecule has 2 N–H and O–H groups in total. The summed E-state index contributed by atoms with van der Waals surface area (Å²) in [7, 11) is 0. The molecule has 0 atom stereocenters. The van der Waals surface area contributed by atoms with E-state index in [1.807, 2.05) is 24.5 Å². The van der Waals surface area contributed by atoms with Crippen molar-refractivity contribution in [3.05, 3.63) is 35.0 Å². The van der Waals surface area contributed by atoms with Gasteiger partial charge < -0.3 is 5.73 Å². The molecule has 0 saturated carbocycles. The Balaban J connectivity index is 2.54. The first-order valence-electron chi connectivity index (χ1n) is 4.80. The second kappa shape index (κ2) is 4.70. The SMILES string of the molecule is Cc1nn(-c2cccc(Cl)c2)c(N)c1SC#N. The Morgan fingerprint density at radius 2 is 2.29 bits per heavy atom. The lowest BCUT2D eigenvalue weighted by Crippen LogP contribution is -2.01. The average molecular weight is 265 g/mol. The molecule has 2 rings (SSSR count). The Morgan fingerprint density at radius 3 is 2.94 bits per heavy atom. The molecule has 2 aromatic rings. The van der Waals surface area contributed by atoms with Crippen LogP contribution in [0.4, 0.5) is 5.82 Å². The third-order valence-electron chi connectivity index (χ3n) is 2.24. The van der Waals surface area contributed by atoms with Gasteiger partial charge in [0, 0.05) is 5.02 Å². The van der Waals surface area contributed by atoms with E-state index in [0.717, 1.165) is 23.1 Å². The van der Waals surface area contributed by atoms with E-state index in [1.54, 1.807) is 16.8 Å². The summed E-state index contributed by atoms with van der Waals surface area (Å²) in [4.78, 5) is 0.687. The van der Waals surface area contributed by atoms with Crippen molar-refractivity contribution in [1.82, 2.24) is 9.78 Å². The van der Waals surface area contributed by atoms with Gasteiger partial charge in [-0.2, -0.15) is 10.4 Å². The van der Waals surface area contributed by atoms with Crippen LogP contribution in [-0.4, -0.2) is 9.78 Å². The smallest absolute Gasteiger partial charge is 0.142 e. The number of thiocyanates is 1. The van der Waals surface area contributed by atoms with Crippen LogP contribution in [0, 0.1) is 17.6 Å². The topological polar surface area (TPSA) is 67.6 Å². The monoisotopic (exact) mass is 264 g/mol. The van der Waals surface area contributed by atoms with Crippen LogP contribution in [0.5, 0.6) is 0 Å². The van der Waals surface area contributed by atoms with Gasteiger partial charge >= 0.3 is 0 Å². The maximum Gasteiger partial charge on any atom is 0.142 e. The second-order valence-corrected chi connectivity index (χ2v) is 4.62. The summed E-state index contributed by atoms with van der Waals surface area (Å²) in [6, 6.07) is 7.23.